The molecule has 0 fully saturated rings. The molecule has 0 heterocycles. The van der Waals surface area contributed by atoms with Gasteiger partial charge in [-0.05, 0) is 86.1 Å². The first-order chi connectivity index (χ1) is 17.7. The lowest BCUT2D eigenvalue weighted by atomic mass is 10.1. The Morgan fingerprint density at radius 2 is 1.32 bits per heavy atom. The van der Waals surface area contributed by atoms with Crippen LogP contribution in [0.1, 0.15) is 27.0 Å². The van der Waals surface area contributed by atoms with Gasteiger partial charge in [-0.2, -0.15) is 0 Å². The Morgan fingerprint density at radius 3 is 1.95 bits per heavy atom. The van der Waals surface area contributed by atoms with Crippen LogP contribution in [0.15, 0.2) is 95.9 Å². The minimum absolute atomic E-state index is 0.0816. The molecule has 1 amide bonds. The minimum Gasteiger partial charge on any atom is -0.497 e. The van der Waals surface area contributed by atoms with Crippen LogP contribution in [0, 0.1) is 13.8 Å². The van der Waals surface area contributed by atoms with Crippen LogP contribution in [0.4, 0.5) is 5.69 Å². The second-order valence-electron chi connectivity index (χ2n) is 8.56. The number of sulfonamides is 1. The van der Waals surface area contributed by atoms with Gasteiger partial charge in [0.15, 0.2) is 0 Å². The summed E-state index contributed by atoms with van der Waals surface area (Å²) in [6.07, 6.45) is 0. The van der Waals surface area contributed by atoms with Crippen molar-refractivity contribution in [2.75, 3.05) is 11.8 Å². The van der Waals surface area contributed by atoms with E-state index in [4.69, 9.17) is 9.47 Å². The molecule has 0 saturated carbocycles. The van der Waals surface area contributed by atoms with E-state index in [2.05, 4.69) is 10.0 Å². The summed E-state index contributed by atoms with van der Waals surface area (Å²) in [6, 6.07) is 25.9. The number of carbonyl (C=O) groups is 1. The molecular formula is C29H28N2O5S. The molecule has 4 aromatic carbocycles. The number of nitrogens with one attached hydrogen (secondary N) is 2. The Balaban J connectivity index is 1.60. The van der Waals surface area contributed by atoms with E-state index in [1.165, 1.54) is 0 Å². The first-order valence-electron chi connectivity index (χ1n) is 11.6. The number of amides is 1. The number of hydrogen-bond acceptors (Lipinski definition) is 5. The Morgan fingerprint density at radius 1 is 0.757 bits per heavy atom. The standard InChI is InChI=1S/C29H28N2O5S/c1-20-4-8-22(9-5-20)29(32)30-19-23-18-26(36-25-12-10-24(35-3)11-13-25)14-17-28(23)31-37(33,34)27-15-6-21(2)7-16-27/h4-18,31H,19H2,1-3H3,(H,30,32). The highest BCUT2D eigenvalue weighted by Gasteiger charge is 2.17. The van der Waals surface area contributed by atoms with Crippen LogP contribution in [-0.2, 0) is 16.6 Å². The zero-order valence-corrected chi connectivity index (χ0v) is 21.6. The van der Waals surface area contributed by atoms with Gasteiger partial charge in [0.25, 0.3) is 15.9 Å². The molecule has 0 aliphatic heterocycles. The van der Waals surface area contributed by atoms with Crippen molar-refractivity contribution < 1.29 is 22.7 Å². The molecule has 0 unspecified atom stereocenters. The number of carbonyl (C=O) groups excluding carboxylic acids is 1. The number of ether oxygens (including phenoxy) is 2. The lowest BCUT2D eigenvalue weighted by Gasteiger charge is -2.16. The molecule has 0 aliphatic rings. The lowest BCUT2D eigenvalue weighted by molar-refractivity contribution is 0.0951. The average molecular weight is 517 g/mol. The second-order valence-corrected chi connectivity index (χ2v) is 10.2. The van der Waals surface area contributed by atoms with Crippen molar-refractivity contribution in [1.29, 1.82) is 0 Å². The van der Waals surface area contributed by atoms with Crippen molar-refractivity contribution in [2.45, 2.75) is 25.3 Å². The molecule has 0 atom stereocenters. The van der Waals surface area contributed by atoms with Crippen molar-refractivity contribution in [2.24, 2.45) is 0 Å². The van der Waals surface area contributed by atoms with E-state index in [9.17, 15) is 13.2 Å². The summed E-state index contributed by atoms with van der Waals surface area (Å²) >= 11 is 0. The second kappa shape index (κ2) is 11.2. The fraction of sp³-hybridized carbons (Fsp3) is 0.138. The Kier molecular flexibility index (Phi) is 7.79. The van der Waals surface area contributed by atoms with Crippen LogP contribution in [-0.4, -0.2) is 21.4 Å². The molecular weight excluding hydrogens is 488 g/mol. The maximum Gasteiger partial charge on any atom is 0.261 e. The third kappa shape index (κ3) is 6.68. The topological polar surface area (TPSA) is 93.7 Å². The highest BCUT2D eigenvalue weighted by molar-refractivity contribution is 7.92. The molecule has 37 heavy (non-hydrogen) atoms. The summed E-state index contributed by atoms with van der Waals surface area (Å²) in [5.74, 6) is 1.51. The highest BCUT2D eigenvalue weighted by atomic mass is 32.2. The molecule has 0 bridgehead atoms. The first-order valence-corrected chi connectivity index (χ1v) is 13.1. The predicted molar refractivity (Wildman–Crippen MR) is 144 cm³/mol. The lowest BCUT2D eigenvalue weighted by Crippen LogP contribution is -2.24. The molecule has 0 radical (unpaired) electrons. The summed E-state index contributed by atoms with van der Waals surface area (Å²) in [4.78, 5) is 12.9. The number of aryl methyl sites for hydroxylation is 2. The van der Waals surface area contributed by atoms with E-state index in [-0.39, 0.29) is 17.3 Å². The van der Waals surface area contributed by atoms with Gasteiger partial charge in [0.1, 0.15) is 17.2 Å². The first kappa shape index (κ1) is 25.8. The van der Waals surface area contributed by atoms with E-state index in [1.807, 2.05) is 26.0 Å². The van der Waals surface area contributed by atoms with Crippen LogP contribution < -0.4 is 19.5 Å². The van der Waals surface area contributed by atoms with Crippen LogP contribution in [0.25, 0.3) is 0 Å². The quantitative estimate of drug-likeness (QED) is 0.292. The summed E-state index contributed by atoms with van der Waals surface area (Å²) in [5, 5.41) is 2.87. The predicted octanol–water partition coefficient (Wildman–Crippen LogP) is 5.84. The molecule has 0 spiro atoms. The Labute approximate surface area is 217 Å². The summed E-state index contributed by atoms with van der Waals surface area (Å²) < 4.78 is 39.9. The van der Waals surface area contributed by atoms with Gasteiger partial charge in [0, 0.05) is 12.1 Å². The van der Waals surface area contributed by atoms with E-state index < -0.39 is 10.0 Å². The Hall–Kier alpha value is -4.30. The molecule has 190 valence electrons. The van der Waals surface area contributed by atoms with Gasteiger partial charge >= 0.3 is 0 Å². The summed E-state index contributed by atoms with van der Waals surface area (Å²) in [6.45, 7) is 3.92. The summed E-state index contributed by atoms with van der Waals surface area (Å²) in [5.41, 5.74) is 3.40. The molecule has 2 N–H and O–H groups in total. The van der Waals surface area contributed by atoms with Gasteiger partial charge in [-0.3, -0.25) is 9.52 Å². The molecule has 8 heteroatoms. The summed E-state index contributed by atoms with van der Waals surface area (Å²) in [7, 11) is -2.26. The van der Waals surface area contributed by atoms with Gasteiger partial charge in [0.2, 0.25) is 0 Å². The number of benzene rings is 4. The normalized spacial score (nSPS) is 11.0. The zero-order chi connectivity index (χ0) is 26.4. The minimum atomic E-state index is -3.84. The van der Waals surface area contributed by atoms with Crippen molar-refractivity contribution in [3.05, 3.63) is 113 Å². The van der Waals surface area contributed by atoms with Gasteiger partial charge in [-0.1, -0.05) is 35.4 Å². The monoisotopic (exact) mass is 516 g/mol. The number of methoxy groups -OCH3 is 1. The number of anilines is 1. The third-order valence-corrected chi connectivity index (χ3v) is 7.08. The third-order valence-electron chi connectivity index (χ3n) is 5.70. The van der Waals surface area contributed by atoms with Crippen LogP contribution in [0.2, 0.25) is 0 Å². The van der Waals surface area contributed by atoms with Crippen LogP contribution >= 0.6 is 0 Å². The molecule has 4 aromatic rings. The van der Waals surface area contributed by atoms with Gasteiger partial charge < -0.3 is 14.8 Å². The Bertz CT molecular complexity index is 1480. The number of rotatable bonds is 9. The molecule has 0 aliphatic carbocycles. The highest BCUT2D eigenvalue weighted by Crippen LogP contribution is 2.29. The fourth-order valence-electron chi connectivity index (χ4n) is 3.56. The molecule has 7 nitrogen and oxygen atoms in total. The molecule has 0 aromatic heterocycles. The average Bonchev–Trinajstić information content (AvgIpc) is 2.89. The van der Waals surface area contributed by atoms with Crippen molar-refractivity contribution in [3.63, 3.8) is 0 Å². The van der Waals surface area contributed by atoms with Crippen molar-refractivity contribution >= 4 is 21.6 Å². The van der Waals surface area contributed by atoms with Crippen molar-refractivity contribution in [3.8, 4) is 17.2 Å². The van der Waals surface area contributed by atoms with Gasteiger partial charge in [-0.15, -0.1) is 0 Å². The fourth-order valence-corrected chi connectivity index (χ4v) is 4.66. The van der Waals surface area contributed by atoms with Gasteiger partial charge in [-0.25, -0.2) is 8.42 Å². The largest absolute Gasteiger partial charge is 0.497 e. The van der Waals surface area contributed by atoms with Crippen LogP contribution in [0.3, 0.4) is 0 Å². The molecule has 4 rings (SSSR count). The van der Waals surface area contributed by atoms with E-state index >= 15 is 0 Å². The van der Waals surface area contributed by atoms with E-state index in [1.54, 1.807) is 86.0 Å². The zero-order valence-electron chi connectivity index (χ0n) is 20.8. The SMILES string of the molecule is COc1ccc(Oc2ccc(NS(=O)(=O)c3ccc(C)cc3)c(CNC(=O)c3ccc(C)cc3)c2)cc1. The van der Waals surface area contributed by atoms with Crippen molar-refractivity contribution in [1.82, 2.24) is 5.32 Å². The van der Waals surface area contributed by atoms with E-state index in [0.29, 0.717) is 34.1 Å². The van der Waals surface area contributed by atoms with Crippen LogP contribution in [0.5, 0.6) is 17.2 Å². The van der Waals surface area contributed by atoms with Gasteiger partial charge in [0.05, 0.1) is 17.7 Å². The number of hydrogen-bond donors (Lipinski definition) is 2. The maximum atomic E-state index is 13.1. The van der Waals surface area contributed by atoms with E-state index in [0.717, 1.165) is 11.1 Å². The molecule has 0 saturated heterocycles. The maximum absolute atomic E-state index is 13.1. The smallest absolute Gasteiger partial charge is 0.261 e.